The Labute approximate surface area is 222 Å². The van der Waals surface area contributed by atoms with Crippen LogP contribution in [0.3, 0.4) is 0 Å². The van der Waals surface area contributed by atoms with E-state index < -0.39 is 27.9 Å². The number of hydrogen-bond donors (Lipinski definition) is 1. The van der Waals surface area contributed by atoms with E-state index in [1.807, 2.05) is 0 Å². The second-order valence-corrected chi connectivity index (χ2v) is 9.82. The van der Waals surface area contributed by atoms with Gasteiger partial charge in [-0.1, -0.05) is 11.6 Å². The molecule has 1 aromatic heterocycles. The number of halogens is 1. The van der Waals surface area contributed by atoms with Crippen molar-refractivity contribution in [2.75, 3.05) is 18.9 Å². The van der Waals surface area contributed by atoms with Crippen molar-refractivity contribution >= 4 is 50.7 Å². The molecule has 2 heterocycles. The van der Waals surface area contributed by atoms with E-state index in [0.717, 1.165) is 5.01 Å². The second kappa shape index (κ2) is 10.9. The van der Waals surface area contributed by atoms with Crippen molar-refractivity contribution in [2.45, 2.75) is 17.9 Å². The highest BCUT2D eigenvalue weighted by Gasteiger charge is 2.38. The van der Waals surface area contributed by atoms with E-state index in [-0.39, 0.29) is 39.6 Å². The van der Waals surface area contributed by atoms with Crippen LogP contribution in [0, 0.1) is 0 Å². The standard InChI is InChI=1S/C23H20ClN7O6S/c1-13-20(22(33)31(29-13)21(32)14-4-6-15(24)7-5-14)28-27-16-8-10-17(11-9-16)38(34,35)30-18-12-19(36-2)26-23(25-18)37-3/h4-12,20H,1-3H3,(H,25,26,30)/b28-27+. The van der Waals surface area contributed by atoms with Crippen LogP contribution >= 0.6 is 11.6 Å². The summed E-state index contributed by atoms with van der Waals surface area (Å²) in [5, 5.41) is 13.2. The predicted octanol–water partition coefficient (Wildman–Crippen LogP) is 3.46. The number of imide groups is 1. The lowest BCUT2D eigenvalue weighted by molar-refractivity contribution is -0.127. The zero-order valence-electron chi connectivity index (χ0n) is 20.2. The normalized spacial score (nSPS) is 15.5. The first kappa shape index (κ1) is 26.6. The molecule has 13 nitrogen and oxygen atoms in total. The van der Waals surface area contributed by atoms with Gasteiger partial charge in [-0.3, -0.25) is 14.3 Å². The summed E-state index contributed by atoms with van der Waals surface area (Å²) in [6.45, 7) is 1.55. The third-order valence-electron chi connectivity index (χ3n) is 5.13. The van der Waals surface area contributed by atoms with Crippen molar-refractivity contribution in [3.05, 3.63) is 65.2 Å². The number of nitrogens with one attached hydrogen (secondary N) is 1. The number of carbonyl (C=O) groups is 2. The highest BCUT2D eigenvalue weighted by molar-refractivity contribution is 7.92. The van der Waals surface area contributed by atoms with Crippen LogP contribution in [0.15, 0.2) is 74.8 Å². The molecule has 38 heavy (non-hydrogen) atoms. The van der Waals surface area contributed by atoms with Crippen molar-refractivity contribution in [1.29, 1.82) is 0 Å². The smallest absolute Gasteiger partial charge is 0.321 e. The molecule has 1 aliphatic rings. The Bertz CT molecular complexity index is 1520. The SMILES string of the molecule is COc1cc(NS(=O)(=O)c2ccc(/N=N/C3C(=O)N(C(=O)c4ccc(Cl)cc4)N=C3C)cc2)nc(OC)n1. The van der Waals surface area contributed by atoms with E-state index in [4.69, 9.17) is 21.1 Å². The minimum absolute atomic E-state index is 0.0512. The van der Waals surface area contributed by atoms with Gasteiger partial charge >= 0.3 is 6.01 Å². The Balaban J connectivity index is 1.46. The largest absolute Gasteiger partial charge is 0.481 e. The number of amides is 2. The highest BCUT2D eigenvalue weighted by Crippen LogP contribution is 2.24. The Kier molecular flexibility index (Phi) is 7.64. The molecule has 15 heteroatoms. The van der Waals surface area contributed by atoms with Crippen LogP contribution in [0.1, 0.15) is 17.3 Å². The van der Waals surface area contributed by atoms with Crippen LogP contribution in [0.5, 0.6) is 11.9 Å². The summed E-state index contributed by atoms with van der Waals surface area (Å²) < 4.78 is 37.9. The van der Waals surface area contributed by atoms with Gasteiger partial charge in [0.1, 0.15) is 0 Å². The van der Waals surface area contributed by atoms with Gasteiger partial charge in [-0.25, -0.2) is 8.42 Å². The number of methoxy groups -OCH3 is 2. The molecule has 0 radical (unpaired) electrons. The molecule has 0 aliphatic carbocycles. The Hall–Kier alpha value is -4.43. The number of ether oxygens (including phenoxy) is 2. The molecule has 0 saturated heterocycles. The Morgan fingerprint density at radius 2 is 1.74 bits per heavy atom. The fourth-order valence-electron chi connectivity index (χ4n) is 3.21. The number of nitrogens with zero attached hydrogens (tertiary/aromatic N) is 6. The molecule has 1 N–H and O–H groups in total. The van der Waals surface area contributed by atoms with Gasteiger partial charge in [0.15, 0.2) is 11.9 Å². The lowest BCUT2D eigenvalue weighted by Crippen LogP contribution is -2.34. The second-order valence-electron chi connectivity index (χ2n) is 7.70. The highest BCUT2D eigenvalue weighted by atomic mass is 35.5. The molecule has 1 unspecified atom stereocenters. The molecule has 4 rings (SSSR count). The van der Waals surface area contributed by atoms with E-state index in [0.29, 0.717) is 5.02 Å². The number of sulfonamides is 1. The molecular weight excluding hydrogens is 538 g/mol. The number of rotatable bonds is 8. The van der Waals surface area contributed by atoms with Crippen molar-refractivity contribution < 1.29 is 27.5 Å². The lowest BCUT2D eigenvalue weighted by atomic mass is 10.2. The zero-order chi connectivity index (χ0) is 27.4. The number of anilines is 1. The summed E-state index contributed by atoms with van der Waals surface area (Å²) in [5.74, 6) is -1.22. The number of aromatic nitrogens is 2. The van der Waals surface area contributed by atoms with Gasteiger partial charge in [-0.2, -0.15) is 30.3 Å². The summed E-state index contributed by atoms with van der Waals surface area (Å²) in [5.41, 5.74) is 0.790. The topological polar surface area (TPSA) is 165 Å². The molecule has 3 aromatic rings. The molecule has 0 spiro atoms. The molecular formula is C23H20ClN7O6S. The van der Waals surface area contributed by atoms with E-state index >= 15 is 0 Å². The Morgan fingerprint density at radius 3 is 2.37 bits per heavy atom. The maximum Gasteiger partial charge on any atom is 0.321 e. The number of hydrogen-bond acceptors (Lipinski definition) is 11. The maximum atomic E-state index is 12.8. The number of hydrazone groups is 1. The zero-order valence-corrected chi connectivity index (χ0v) is 21.8. The van der Waals surface area contributed by atoms with Gasteiger partial charge in [0.25, 0.3) is 21.8 Å². The van der Waals surface area contributed by atoms with Crippen LogP contribution < -0.4 is 14.2 Å². The predicted molar refractivity (Wildman–Crippen MR) is 136 cm³/mol. The van der Waals surface area contributed by atoms with E-state index in [9.17, 15) is 18.0 Å². The minimum atomic E-state index is -4.02. The van der Waals surface area contributed by atoms with Crippen molar-refractivity contribution in [1.82, 2.24) is 15.0 Å². The number of carbonyl (C=O) groups excluding carboxylic acids is 2. The Morgan fingerprint density at radius 1 is 1.05 bits per heavy atom. The van der Waals surface area contributed by atoms with Gasteiger partial charge in [-0.15, -0.1) is 0 Å². The fourth-order valence-corrected chi connectivity index (χ4v) is 4.33. The van der Waals surface area contributed by atoms with E-state index in [2.05, 4.69) is 30.0 Å². The molecule has 1 atom stereocenters. The van der Waals surface area contributed by atoms with Gasteiger partial charge in [0, 0.05) is 16.7 Å². The van der Waals surface area contributed by atoms with E-state index in [1.54, 1.807) is 6.92 Å². The van der Waals surface area contributed by atoms with Crippen LogP contribution in [-0.2, 0) is 14.8 Å². The average Bonchev–Trinajstić information content (AvgIpc) is 3.19. The maximum absolute atomic E-state index is 12.8. The fraction of sp³-hybridized carbons (Fsp3) is 0.174. The number of azo groups is 1. The minimum Gasteiger partial charge on any atom is -0.481 e. The van der Waals surface area contributed by atoms with Crippen molar-refractivity contribution in [3.8, 4) is 11.9 Å². The van der Waals surface area contributed by atoms with Crippen molar-refractivity contribution in [2.24, 2.45) is 15.3 Å². The third-order valence-corrected chi connectivity index (χ3v) is 6.75. The monoisotopic (exact) mass is 557 g/mol. The quantitative estimate of drug-likeness (QED) is 0.325. The first-order valence-electron chi connectivity index (χ1n) is 10.8. The summed E-state index contributed by atoms with van der Waals surface area (Å²) in [6, 6.07) is 11.6. The first-order chi connectivity index (χ1) is 18.1. The van der Waals surface area contributed by atoms with Crippen LogP contribution in [0.25, 0.3) is 0 Å². The molecule has 0 saturated carbocycles. The molecule has 0 fully saturated rings. The number of benzene rings is 2. The molecule has 2 amide bonds. The van der Waals surface area contributed by atoms with Crippen LogP contribution in [0.2, 0.25) is 5.02 Å². The summed E-state index contributed by atoms with van der Waals surface area (Å²) in [6.07, 6.45) is 0. The molecule has 1 aliphatic heterocycles. The van der Waals surface area contributed by atoms with Gasteiger partial charge in [0.2, 0.25) is 5.88 Å². The summed E-state index contributed by atoms with van der Waals surface area (Å²) in [7, 11) is -1.32. The van der Waals surface area contributed by atoms with Crippen molar-refractivity contribution in [3.63, 3.8) is 0 Å². The molecule has 0 bridgehead atoms. The van der Waals surface area contributed by atoms with Gasteiger partial charge in [-0.05, 0) is 55.5 Å². The summed E-state index contributed by atoms with van der Waals surface area (Å²) >= 11 is 5.85. The third kappa shape index (κ3) is 5.76. The average molecular weight is 558 g/mol. The van der Waals surface area contributed by atoms with Gasteiger partial charge < -0.3 is 9.47 Å². The first-order valence-corrected chi connectivity index (χ1v) is 12.7. The van der Waals surface area contributed by atoms with Crippen LogP contribution in [-0.4, -0.2) is 61.2 Å². The molecule has 2 aromatic carbocycles. The molecule has 196 valence electrons. The van der Waals surface area contributed by atoms with Gasteiger partial charge in [0.05, 0.1) is 30.5 Å². The summed E-state index contributed by atoms with van der Waals surface area (Å²) in [4.78, 5) is 33.2. The van der Waals surface area contributed by atoms with E-state index in [1.165, 1.54) is 68.8 Å². The van der Waals surface area contributed by atoms with Crippen LogP contribution in [0.4, 0.5) is 11.5 Å². The lowest BCUT2D eigenvalue weighted by Gasteiger charge is -2.10.